The molecule has 0 aromatic rings. The van der Waals surface area contributed by atoms with Crippen LogP contribution in [0.1, 0.15) is 135 Å². The second-order valence-electron chi connectivity index (χ2n) is 16.9. The quantitative estimate of drug-likeness (QED) is 0.242. The highest BCUT2D eigenvalue weighted by Gasteiger charge is 2.42. The van der Waals surface area contributed by atoms with Gasteiger partial charge >= 0.3 is 0 Å². The maximum atomic E-state index is 5.66. The smallest absolute Gasteiger partial charge is 0.0324 e. The Morgan fingerprint density at radius 2 is 1.67 bits per heavy atom. The van der Waals surface area contributed by atoms with Gasteiger partial charge in [0, 0.05) is 18.6 Å². The van der Waals surface area contributed by atoms with Crippen molar-refractivity contribution in [2.75, 3.05) is 6.54 Å². The fraction of sp³-hybridized carbons (Fsp3) is 0.617. The molecule has 0 aromatic carbocycles. The van der Waals surface area contributed by atoms with Gasteiger partial charge in [0.25, 0.3) is 0 Å². The molecular weight excluding hydrogens is 593 g/mol. The molecule has 0 heterocycles. The fourth-order valence-electron chi connectivity index (χ4n) is 11.9. The maximum absolute atomic E-state index is 5.66. The molecule has 1 saturated carbocycles. The number of allylic oxidation sites excluding steroid dienone is 14. The van der Waals surface area contributed by atoms with Crippen LogP contribution in [0.2, 0.25) is 0 Å². The number of fused-ring (bicyclic) bond motifs is 2. The van der Waals surface area contributed by atoms with Gasteiger partial charge in [-0.15, -0.1) is 0 Å². The van der Waals surface area contributed by atoms with Gasteiger partial charge in [-0.3, -0.25) is 0 Å². The molecule has 6 unspecified atom stereocenters. The number of rotatable bonds is 9. The second kappa shape index (κ2) is 15.9. The van der Waals surface area contributed by atoms with Crippen molar-refractivity contribution < 1.29 is 0 Å². The van der Waals surface area contributed by atoms with Crippen molar-refractivity contribution in [2.24, 2.45) is 35.3 Å². The molecule has 0 amide bonds. The van der Waals surface area contributed by atoms with Crippen LogP contribution in [0.3, 0.4) is 0 Å². The molecular formula is C47H64N2. The second-order valence-corrected chi connectivity index (χ2v) is 16.9. The van der Waals surface area contributed by atoms with Crippen LogP contribution in [-0.4, -0.2) is 18.6 Å². The van der Waals surface area contributed by atoms with E-state index < -0.39 is 0 Å². The molecule has 0 saturated heterocycles. The Hall–Kier alpha value is -2.42. The molecule has 0 aromatic heterocycles. The summed E-state index contributed by atoms with van der Waals surface area (Å²) < 4.78 is 0. The van der Waals surface area contributed by atoms with E-state index in [1.54, 1.807) is 27.9 Å². The largest absolute Gasteiger partial charge is 0.327 e. The molecule has 7 atom stereocenters. The van der Waals surface area contributed by atoms with Crippen LogP contribution in [0.5, 0.6) is 0 Å². The summed E-state index contributed by atoms with van der Waals surface area (Å²) in [7, 11) is 0. The molecule has 2 nitrogen and oxygen atoms in total. The van der Waals surface area contributed by atoms with E-state index in [0.29, 0.717) is 36.4 Å². The molecule has 0 bridgehead atoms. The van der Waals surface area contributed by atoms with Crippen LogP contribution >= 0.6 is 0 Å². The van der Waals surface area contributed by atoms with Crippen molar-refractivity contribution in [2.45, 2.75) is 147 Å². The standard InChI is InChI=1S/C47H64N2/c48-31-9-1-2-12-33-23-25-36(26-24-33)40-29-30-44(43-20-8-7-19-42(40)43)45-28-27-37(39-21-10-15-34-13-3-5-17-38(34)39)32-47(45)49-46-22-11-16-35-14-4-6-18-41(35)46/h1,7,9,11,16,19,22-23,25,28,37,39,41,43-44,46-47,49H,2-6,8,10,12-15,17-18,20-21,24,26-27,29-32,48H2/b9-1-/t37?,39-,41?,43?,44?,46?,47?/m0/s1. The summed E-state index contributed by atoms with van der Waals surface area (Å²) in [6.45, 7) is 0.653. The Kier molecular flexibility index (Phi) is 10.9. The number of nitrogens with two attached hydrogens (primary N) is 1. The van der Waals surface area contributed by atoms with Crippen molar-refractivity contribution in [3.8, 4) is 0 Å². The highest BCUT2D eigenvalue weighted by Crippen LogP contribution is 2.51. The zero-order valence-corrected chi connectivity index (χ0v) is 30.4. The molecule has 49 heavy (non-hydrogen) atoms. The number of hydrogen-bond donors (Lipinski definition) is 2. The normalized spacial score (nSPS) is 34.9. The summed E-state index contributed by atoms with van der Waals surface area (Å²) in [6, 6.07) is 1.03. The number of nitrogens with one attached hydrogen (secondary N) is 1. The molecule has 8 rings (SSSR count). The van der Waals surface area contributed by atoms with Gasteiger partial charge in [0.15, 0.2) is 0 Å². The summed E-state index contributed by atoms with van der Waals surface area (Å²) >= 11 is 0. The molecule has 0 radical (unpaired) electrons. The van der Waals surface area contributed by atoms with E-state index in [9.17, 15) is 0 Å². The molecule has 0 aliphatic heterocycles. The SMILES string of the molecule is NC/C=C\CCC1=CC=C(C2=C3C=CCCC3C(C3=CCC([C@@H]4CCCC5=C4CCCC5)CC3NC3C=CC=C4CCCCC43)CC2)CC1. The lowest BCUT2D eigenvalue weighted by Gasteiger charge is -2.46. The van der Waals surface area contributed by atoms with Gasteiger partial charge in [-0.1, -0.05) is 95.0 Å². The highest BCUT2D eigenvalue weighted by atomic mass is 15.0. The van der Waals surface area contributed by atoms with Gasteiger partial charge in [-0.2, -0.15) is 0 Å². The van der Waals surface area contributed by atoms with Crippen molar-refractivity contribution in [3.63, 3.8) is 0 Å². The lowest BCUT2D eigenvalue weighted by molar-refractivity contribution is 0.233. The van der Waals surface area contributed by atoms with Crippen LogP contribution in [0.25, 0.3) is 0 Å². The predicted octanol–water partition coefficient (Wildman–Crippen LogP) is 11.6. The molecule has 262 valence electrons. The third-order valence-corrected chi connectivity index (χ3v) is 14.3. The third kappa shape index (κ3) is 7.34. The summed E-state index contributed by atoms with van der Waals surface area (Å²) in [6.07, 6.45) is 52.6. The maximum Gasteiger partial charge on any atom is 0.0324 e. The van der Waals surface area contributed by atoms with Gasteiger partial charge in [-0.05, 0) is 175 Å². The lowest BCUT2D eigenvalue weighted by atomic mass is 9.62. The van der Waals surface area contributed by atoms with Gasteiger partial charge in [0.05, 0.1) is 0 Å². The molecule has 8 aliphatic carbocycles. The first kappa shape index (κ1) is 33.7. The molecule has 8 aliphatic rings. The average molecular weight is 657 g/mol. The lowest BCUT2D eigenvalue weighted by Crippen LogP contribution is -2.49. The minimum Gasteiger partial charge on any atom is -0.327 e. The summed E-state index contributed by atoms with van der Waals surface area (Å²) in [4.78, 5) is 0. The van der Waals surface area contributed by atoms with E-state index in [-0.39, 0.29) is 0 Å². The van der Waals surface area contributed by atoms with Gasteiger partial charge in [0.1, 0.15) is 0 Å². The van der Waals surface area contributed by atoms with Crippen molar-refractivity contribution in [1.82, 2.24) is 5.32 Å². The third-order valence-electron chi connectivity index (χ3n) is 14.3. The Labute approximate surface area is 298 Å². The summed E-state index contributed by atoms with van der Waals surface area (Å²) in [5.74, 6) is 3.75. The molecule has 0 spiro atoms. The van der Waals surface area contributed by atoms with Crippen LogP contribution < -0.4 is 11.1 Å². The predicted molar refractivity (Wildman–Crippen MR) is 208 cm³/mol. The Bertz CT molecular complexity index is 1500. The fourth-order valence-corrected chi connectivity index (χ4v) is 11.9. The van der Waals surface area contributed by atoms with E-state index in [4.69, 9.17) is 5.73 Å². The summed E-state index contributed by atoms with van der Waals surface area (Å²) in [5.41, 5.74) is 19.7. The minimum atomic E-state index is 0.503. The van der Waals surface area contributed by atoms with Crippen LogP contribution in [0, 0.1) is 29.6 Å². The van der Waals surface area contributed by atoms with E-state index in [1.807, 2.05) is 16.7 Å². The van der Waals surface area contributed by atoms with Crippen LogP contribution in [0.4, 0.5) is 0 Å². The van der Waals surface area contributed by atoms with Crippen LogP contribution in [0.15, 0.2) is 105 Å². The van der Waals surface area contributed by atoms with E-state index in [1.165, 1.54) is 128 Å². The zero-order chi connectivity index (χ0) is 33.0. The Morgan fingerprint density at radius 1 is 0.776 bits per heavy atom. The molecule has 3 N–H and O–H groups in total. The van der Waals surface area contributed by atoms with E-state index in [2.05, 4.69) is 66.1 Å². The van der Waals surface area contributed by atoms with Crippen LogP contribution in [-0.2, 0) is 0 Å². The monoisotopic (exact) mass is 657 g/mol. The van der Waals surface area contributed by atoms with Crippen molar-refractivity contribution in [1.29, 1.82) is 0 Å². The first-order valence-electron chi connectivity index (χ1n) is 20.9. The summed E-state index contributed by atoms with van der Waals surface area (Å²) in [5, 5.41) is 4.47. The van der Waals surface area contributed by atoms with Gasteiger partial charge in [0.2, 0.25) is 0 Å². The first-order valence-corrected chi connectivity index (χ1v) is 20.9. The number of hydrogen-bond acceptors (Lipinski definition) is 2. The highest BCUT2D eigenvalue weighted by molar-refractivity contribution is 5.48. The van der Waals surface area contributed by atoms with Gasteiger partial charge in [-0.25, -0.2) is 0 Å². The van der Waals surface area contributed by atoms with Crippen molar-refractivity contribution in [3.05, 3.63) is 105 Å². The van der Waals surface area contributed by atoms with Crippen molar-refractivity contribution >= 4 is 0 Å². The Balaban J connectivity index is 1.07. The molecule has 1 fully saturated rings. The van der Waals surface area contributed by atoms with E-state index >= 15 is 0 Å². The topological polar surface area (TPSA) is 38.0 Å². The zero-order valence-electron chi connectivity index (χ0n) is 30.4. The first-order chi connectivity index (χ1) is 24.3. The van der Waals surface area contributed by atoms with Gasteiger partial charge < -0.3 is 11.1 Å². The average Bonchev–Trinajstić information content (AvgIpc) is 3.16. The minimum absolute atomic E-state index is 0.503. The molecule has 2 heteroatoms. The Morgan fingerprint density at radius 3 is 2.59 bits per heavy atom. The van der Waals surface area contributed by atoms with E-state index in [0.717, 1.165) is 18.3 Å².